The molecule has 0 radical (unpaired) electrons. The van der Waals surface area contributed by atoms with E-state index in [1.807, 2.05) is 28.8 Å². The third-order valence-electron chi connectivity index (χ3n) is 3.46. The highest BCUT2D eigenvalue weighted by molar-refractivity contribution is 5.79. The Morgan fingerprint density at radius 1 is 1.25 bits per heavy atom. The van der Waals surface area contributed by atoms with E-state index in [1.54, 1.807) is 7.05 Å². The molecular weight excluding hydrogens is 304 g/mol. The molecule has 7 heteroatoms. The first kappa shape index (κ1) is 18.2. The van der Waals surface area contributed by atoms with Crippen LogP contribution in [0.25, 0.3) is 5.65 Å². The lowest BCUT2D eigenvalue weighted by Crippen LogP contribution is -2.39. The third kappa shape index (κ3) is 5.81. The SMILES string of the molecule is CN=C(NCCCOCC(C)C)NCCc1nnc2ccccn12. The molecule has 0 aliphatic carbocycles. The first-order valence-corrected chi connectivity index (χ1v) is 8.51. The summed E-state index contributed by atoms with van der Waals surface area (Å²) in [6.07, 6.45) is 3.72. The summed E-state index contributed by atoms with van der Waals surface area (Å²) < 4.78 is 7.57. The molecule has 24 heavy (non-hydrogen) atoms. The van der Waals surface area contributed by atoms with Gasteiger partial charge in [0.05, 0.1) is 0 Å². The first-order chi connectivity index (χ1) is 11.7. The molecule has 2 aromatic heterocycles. The zero-order chi connectivity index (χ0) is 17.2. The van der Waals surface area contributed by atoms with Crippen molar-refractivity contribution in [3.63, 3.8) is 0 Å². The molecule has 0 atom stereocenters. The number of rotatable bonds is 9. The lowest BCUT2D eigenvalue weighted by Gasteiger charge is -2.12. The number of hydrogen-bond acceptors (Lipinski definition) is 4. The summed E-state index contributed by atoms with van der Waals surface area (Å²) in [5.74, 6) is 2.32. The lowest BCUT2D eigenvalue weighted by molar-refractivity contribution is 0.108. The molecule has 0 saturated heterocycles. The van der Waals surface area contributed by atoms with E-state index in [4.69, 9.17) is 4.74 Å². The van der Waals surface area contributed by atoms with Gasteiger partial charge in [0, 0.05) is 46.0 Å². The maximum absolute atomic E-state index is 5.56. The molecule has 0 aromatic carbocycles. The second kappa shape index (κ2) is 9.87. The van der Waals surface area contributed by atoms with Crippen molar-refractivity contribution in [2.75, 3.05) is 33.4 Å². The zero-order valence-electron chi connectivity index (χ0n) is 14.8. The summed E-state index contributed by atoms with van der Waals surface area (Å²) in [5, 5.41) is 15.0. The minimum Gasteiger partial charge on any atom is -0.381 e. The van der Waals surface area contributed by atoms with Gasteiger partial charge in [-0.3, -0.25) is 9.39 Å². The maximum atomic E-state index is 5.56. The molecule has 0 unspecified atom stereocenters. The molecular formula is C17H28N6O. The van der Waals surface area contributed by atoms with Crippen molar-refractivity contribution in [2.45, 2.75) is 26.7 Å². The van der Waals surface area contributed by atoms with Gasteiger partial charge in [-0.1, -0.05) is 19.9 Å². The summed E-state index contributed by atoms with van der Waals surface area (Å²) >= 11 is 0. The first-order valence-electron chi connectivity index (χ1n) is 8.51. The van der Waals surface area contributed by atoms with Crippen molar-refractivity contribution in [3.8, 4) is 0 Å². The fourth-order valence-corrected chi connectivity index (χ4v) is 2.27. The molecule has 0 fully saturated rings. The van der Waals surface area contributed by atoms with Gasteiger partial charge in [-0.25, -0.2) is 0 Å². The highest BCUT2D eigenvalue weighted by Crippen LogP contribution is 2.02. The van der Waals surface area contributed by atoms with E-state index in [2.05, 4.69) is 39.7 Å². The Labute approximate surface area is 143 Å². The quantitative estimate of drug-likeness (QED) is 0.413. The Kier molecular flexibility index (Phi) is 7.48. The van der Waals surface area contributed by atoms with Gasteiger partial charge < -0.3 is 15.4 Å². The molecule has 2 aromatic rings. The number of nitrogens with one attached hydrogen (secondary N) is 2. The highest BCUT2D eigenvalue weighted by atomic mass is 16.5. The summed E-state index contributed by atoms with van der Waals surface area (Å²) in [7, 11) is 1.77. The fourth-order valence-electron chi connectivity index (χ4n) is 2.27. The van der Waals surface area contributed by atoms with Gasteiger partial charge in [-0.2, -0.15) is 0 Å². The monoisotopic (exact) mass is 332 g/mol. The number of nitrogens with zero attached hydrogens (tertiary/aromatic N) is 4. The van der Waals surface area contributed by atoms with Gasteiger partial charge in [-0.05, 0) is 24.5 Å². The van der Waals surface area contributed by atoms with Crippen molar-refractivity contribution >= 4 is 11.6 Å². The Balaban J connectivity index is 1.65. The fraction of sp³-hybridized carbons (Fsp3) is 0.588. The zero-order valence-corrected chi connectivity index (χ0v) is 14.8. The Morgan fingerprint density at radius 3 is 2.88 bits per heavy atom. The van der Waals surface area contributed by atoms with Crippen LogP contribution in [-0.2, 0) is 11.2 Å². The molecule has 0 saturated carbocycles. The standard InChI is InChI=1S/C17H28N6O/c1-14(2)13-24-12-6-9-19-17(18-3)20-10-8-16-22-21-15-7-4-5-11-23(15)16/h4-5,7,11,14H,6,8-10,12-13H2,1-3H3,(H2,18,19,20). The van der Waals surface area contributed by atoms with Crippen LogP contribution >= 0.6 is 0 Å². The third-order valence-corrected chi connectivity index (χ3v) is 3.46. The number of guanidine groups is 1. The van der Waals surface area contributed by atoms with E-state index in [1.165, 1.54) is 0 Å². The summed E-state index contributed by atoms with van der Waals surface area (Å²) in [4.78, 5) is 4.23. The van der Waals surface area contributed by atoms with Gasteiger partial charge in [0.2, 0.25) is 0 Å². The summed E-state index contributed by atoms with van der Waals surface area (Å²) in [6, 6.07) is 5.89. The minimum absolute atomic E-state index is 0.584. The van der Waals surface area contributed by atoms with Gasteiger partial charge in [-0.15, -0.1) is 10.2 Å². The molecule has 0 bridgehead atoms. The van der Waals surface area contributed by atoms with Crippen LogP contribution in [0.2, 0.25) is 0 Å². The van der Waals surface area contributed by atoms with Crippen molar-refractivity contribution in [3.05, 3.63) is 30.2 Å². The van der Waals surface area contributed by atoms with Crippen molar-refractivity contribution in [1.29, 1.82) is 0 Å². The average molecular weight is 332 g/mol. The molecule has 2 N–H and O–H groups in total. The normalized spacial score (nSPS) is 12.1. The van der Waals surface area contributed by atoms with E-state index in [0.29, 0.717) is 5.92 Å². The Bertz CT molecular complexity index is 637. The van der Waals surface area contributed by atoms with Crippen LogP contribution < -0.4 is 10.6 Å². The summed E-state index contributed by atoms with van der Waals surface area (Å²) in [5.41, 5.74) is 0.872. The lowest BCUT2D eigenvalue weighted by atomic mass is 10.2. The second-order valence-corrected chi connectivity index (χ2v) is 6.04. The van der Waals surface area contributed by atoms with Crippen molar-refractivity contribution < 1.29 is 4.74 Å². The number of aliphatic imine (C=N–C) groups is 1. The molecule has 0 amide bonds. The van der Waals surface area contributed by atoms with Crippen LogP contribution in [0.4, 0.5) is 0 Å². The number of aromatic nitrogens is 3. The van der Waals surface area contributed by atoms with Crippen molar-refractivity contribution in [2.24, 2.45) is 10.9 Å². The van der Waals surface area contributed by atoms with Gasteiger partial charge in [0.25, 0.3) is 0 Å². The van der Waals surface area contributed by atoms with Crippen LogP contribution in [0, 0.1) is 5.92 Å². The van der Waals surface area contributed by atoms with Gasteiger partial charge in [0.15, 0.2) is 11.6 Å². The smallest absolute Gasteiger partial charge is 0.190 e. The predicted molar refractivity (Wildman–Crippen MR) is 96.3 cm³/mol. The van der Waals surface area contributed by atoms with E-state index in [9.17, 15) is 0 Å². The number of hydrogen-bond donors (Lipinski definition) is 2. The van der Waals surface area contributed by atoms with Gasteiger partial charge >= 0.3 is 0 Å². The van der Waals surface area contributed by atoms with Crippen LogP contribution in [0.3, 0.4) is 0 Å². The predicted octanol–water partition coefficient (Wildman–Crippen LogP) is 1.50. The largest absolute Gasteiger partial charge is 0.381 e. The number of pyridine rings is 1. The van der Waals surface area contributed by atoms with Crippen molar-refractivity contribution in [1.82, 2.24) is 25.2 Å². The van der Waals surface area contributed by atoms with Gasteiger partial charge in [0.1, 0.15) is 5.82 Å². The highest BCUT2D eigenvalue weighted by Gasteiger charge is 2.04. The number of fused-ring (bicyclic) bond motifs is 1. The summed E-state index contributed by atoms with van der Waals surface area (Å²) in [6.45, 7) is 7.49. The van der Waals surface area contributed by atoms with E-state index in [0.717, 1.165) is 56.6 Å². The van der Waals surface area contributed by atoms with E-state index >= 15 is 0 Å². The number of ether oxygens (including phenoxy) is 1. The molecule has 0 spiro atoms. The topological polar surface area (TPSA) is 75.8 Å². The molecule has 132 valence electrons. The Hall–Kier alpha value is -2.15. The van der Waals surface area contributed by atoms with Crippen LogP contribution in [0.1, 0.15) is 26.1 Å². The molecule has 2 heterocycles. The van der Waals surface area contributed by atoms with E-state index < -0.39 is 0 Å². The Morgan fingerprint density at radius 2 is 2.08 bits per heavy atom. The second-order valence-electron chi connectivity index (χ2n) is 6.04. The maximum Gasteiger partial charge on any atom is 0.190 e. The van der Waals surface area contributed by atoms with Crippen LogP contribution in [0.15, 0.2) is 29.4 Å². The van der Waals surface area contributed by atoms with Crippen LogP contribution in [-0.4, -0.2) is 53.9 Å². The molecule has 2 rings (SSSR count). The van der Waals surface area contributed by atoms with Crippen LogP contribution in [0.5, 0.6) is 0 Å². The minimum atomic E-state index is 0.584. The van der Waals surface area contributed by atoms with E-state index in [-0.39, 0.29) is 0 Å². The molecule has 0 aliphatic heterocycles. The average Bonchev–Trinajstić information content (AvgIpc) is 2.99. The molecule has 7 nitrogen and oxygen atoms in total. The molecule has 0 aliphatic rings.